The second-order valence-corrected chi connectivity index (χ2v) is 5.12. The number of halogens is 1. The maximum Gasteiger partial charge on any atom is 0.256 e. The number of carbonyl (C=O) groups excluding carboxylic acids is 1. The number of hydrogen-bond donors (Lipinski definition) is 1. The molecule has 1 aliphatic carbocycles. The summed E-state index contributed by atoms with van der Waals surface area (Å²) in [6.07, 6.45) is 6.74. The summed E-state index contributed by atoms with van der Waals surface area (Å²) in [7, 11) is 1.74. The summed E-state index contributed by atoms with van der Waals surface area (Å²) >= 11 is 0. The highest BCUT2D eigenvalue weighted by atomic mass is 19.1. The standard InChI is InChI=1S/C14H20FN3O/c1-18(13-5-3-2-4-10(13)8-16)14(19)11-6-7-17-9-12(11)15/h6-7,9-10,13H,2-5,8,16H2,1H3. The van der Waals surface area contributed by atoms with Crippen LogP contribution in [0.25, 0.3) is 0 Å². The second-order valence-electron chi connectivity index (χ2n) is 5.12. The predicted octanol–water partition coefficient (Wildman–Crippen LogP) is 1.81. The number of rotatable bonds is 3. The Kier molecular flexibility index (Phi) is 4.47. The van der Waals surface area contributed by atoms with Crippen molar-refractivity contribution in [2.45, 2.75) is 31.7 Å². The van der Waals surface area contributed by atoms with Crippen molar-refractivity contribution in [2.75, 3.05) is 13.6 Å². The topological polar surface area (TPSA) is 59.2 Å². The summed E-state index contributed by atoms with van der Waals surface area (Å²) < 4.78 is 13.6. The molecule has 0 aromatic carbocycles. The van der Waals surface area contributed by atoms with Crippen molar-refractivity contribution < 1.29 is 9.18 Å². The molecule has 0 radical (unpaired) electrons. The average molecular weight is 265 g/mol. The van der Waals surface area contributed by atoms with E-state index in [1.165, 1.54) is 12.3 Å². The molecule has 1 heterocycles. The van der Waals surface area contributed by atoms with Crippen LogP contribution < -0.4 is 5.73 Å². The van der Waals surface area contributed by atoms with Crippen LogP contribution in [0.5, 0.6) is 0 Å². The molecular formula is C14H20FN3O. The summed E-state index contributed by atoms with van der Waals surface area (Å²) in [5, 5.41) is 0. The van der Waals surface area contributed by atoms with Gasteiger partial charge in [-0.1, -0.05) is 12.8 Å². The summed E-state index contributed by atoms with van der Waals surface area (Å²) in [5.41, 5.74) is 5.86. The van der Waals surface area contributed by atoms with Crippen molar-refractivity contribution in [3.63, 3.8) is 0 Å². The Morgan fingerprint density at radius 3 is 2.95 bits per heavy atom. The molecule has 0 saturated heterocycles. The maximum absolute atomic E-state index is 13.6. The third-order valence-corrected chi connectivity index (χ3v) is 3.99. The van der Waals surface area contributed by atoms with Crippen molar-refractivity contribution in [1.82, 2.24) is 9.88 Å². The van der Waals surface area contributed by atoms with Crippen molar-refractivity contribution in [3.8, 4) is 0 Å². The molecule has 2 unspecified atom stereocenters. The molecule has 1 aliphatic rings. The SMILES string of the molecule is CN(C(=O)c1ccncc1F)C1CCCCC1CN. The van der Waals surface area contributed by atoms with Crippen LogP contribution in [0.4, 0.5) is 4.39 Å². The fourth-order valence-electron chi connectivity index (χ4n) is 2.86. The highest BCUT2D eigenvalue weighted by molar-refractivity contribution is 5.94. The van der Waals surface area contributed by atoms with Crippen molar-refractivity contribution in [1.29, 1.82) is 0 Å². The van der Waals surface area contributed by atoms with Gasteiger partial charge >= 0.3 is 0 Å². The van der Waals surface area contributed by atoms with E-state index < -0.39 is 5.82 Å². The van der Waals surface area contributed by atoms with Gasteiger partial charge in [-0.25, -0.2) is 4.39 Å². The minimum Gasteiger partial charge on any atom is -0.338 e. The molecule has 1 amide bonds. The summed E-state index contributed by atoms with van der Waals surface area (Å²) in [5.74, 6) is -0.544. The molecule has 0 spiro atoms. The van der Waals surface area contributed by atoms with E-state index >= 15 is 0 Å². The Balaban J connectivity index is 2.16. The van der Waals surface area contributed by atoms with Crippen LogP contribution in [0.3, 0.4) is 0 Å². The van der Waals surface area contributed by atoms with Gasteiger partial charge < -0.3 is 10.6 Å². The van der Waals surface area contributed by atoms with Crippen LogP contribution in [0.15, 0.2) is 18.5 Å². The number of amides is 1. The molecule has 4 nitrogen and oxygen atoms in total. The lowest BCUT2D eigenvalue weighted by molar-refractivity contribution is 0.0615. The Hall–Kier alpha value is -1.49. The average Bonchev–Trinajstić information content (AvgIpc) is 2.46. The second kappa shape index (κ2) is 6.10. The van der Waals surface area contributed by atoms with Gasteiger partial charge in [0, 0.05) is 19.3 Å². The van der Waals surface area contributed by atoms with E-state index in [9.17, 15) is 9.18 Å². The van der Waals surface area contributed by atoms with E-state index in [2.05, 4.69) is 4.98 Å². The first kappa shape index (κ1) is 13.9. The van der Waals surface area contributed by atoms with E-state index in [1.54, 1.807) is 11.9 Å². The number of nitrogens with two attached hydrogens (primary N) is 1. The molecule has 1 fully saturated rings. The molecular weight excluding hydrogens is 245 g/mol. The van der Waals surface area contributed by atoms with Crippen LogP contribution >= 0.6 is 0 Å². The van der Waals surface area contributed by atoms with Gasteiger partial charge in [-0.3, -0.25) is 9.78 Å². The Labute approximate surface area is 112 Å². The first-order valence-corrected chi connectivity index (χ1v) is 6.72. The van der Waals surface area contributed by atoms with Gasteiger partial charge in [0.1, 0.15) is 0 Å². The van der Waals surface area contributed by atoms with E-state index in [0.717, 1.165) is 31.9 Å². The molecule has 19 heavy (non-hydrogen) atoms. The molecule has 2 atom stereocenters. The van der Waals surface area contributed by atoms with Gasteiger partial charge in [-0.05, 0) is 31.4 Å². The quantitative estimate of drug-likeness (QED) is 0.906. The van der Waals surface area contributed by atoms with Gasteiger partial charge in [0.15, 0.2) is 5.82 Å². The van der Waals surface area contributed by atoms with Crippen LogP contribution in [-0.4, -0.2) is 35.4 Å². The van der Waals surface area contributed by atoms with Gasteiger partial charge in [0.05, 0.1) is 11.8 Å². The van der Waals surface area contributed by atoms with Gasteiger partial charge in [0.2, 0.25) is 0 Å². The van der Waals surface area contributed by atoms with Crippen molar-refractivity contribution in [2.24, 2.45) is 11.7 Å². The fraction of sp³-hybridized carbons (Fsp3) is 0.571. The van der Waals surface area contributed by atoms with Crippen LogP contribution in [0.1, 0.15) is 36.0 Å². The number of nitrogens with zero attached hydrogens (tertiary/aromatic N) is 2. The van der Waals surface area contributed by atoms with Crippen molar-refractivity contribution in [3.05, 3.63) is 29.8 Å². The third-order valence-electron chi connectivity index (χ3n) is 3.99. The van der Waals surface area contributed by atoms with E-state index in [1.807, 2.05) is 0 Å². The minimum absolute atomic E-state index is 0.0823. The number of aromatic nitrogens is 1. The minimum atomic E-state index is -0.570. The van der Waals surface area contributed by atoms with E-state index in [4.69, 9.17) is 5.73 Å². The Morgan fingerprint density at radius 2 is 2.26 bits per heavy atom. The summed E-state index contributed by atoms with van der Waals surface area (Å²) in [6, 6.07) is 1.54. The Morgan fingerprint density at radius 1 is 1.53 bits per heavy atom. The molecule has 5 heteroatoms. The highest BCUT2D eigenvalue weighted by Gasteiger charge is 2.31. The number of pyridine rings is 1. The predicted molar refractivity (Wildman–Crippen MR) is 71.1 cm³/mol. The fourth-order valence-corrected chi connectivity index (χ4v) is 2.86. The summed E-state index contributed by atoms with van der Waals surface area (Å²) in [4.78, 5) is 17.7. The first-order valence-electron chi connectivity index (χ1n) is 6.72. The normalized spacial score (nSPS) is 23.1. The zero-order chi connectivity index (χ0) is 13.8. The van der Waals surface area contributed by atoms with Gasteiger partial charge in [0.25, 0.3) is 5.91 Å². The maximum atomic E-state index is 13.6. The lowest BCUT2D eigenvalue weighted by Gasteiger charge is -2.37. The van der Waals surface area contributed by atoms with E-state index in [-0.39, 0.29) is 17.5 Å². The zero-order valence-electron chi connectivity index (χ0n) is 11.2. The number of hydrogen-bond acceptors (Lipinski definition) is 3. The largest absolute Gasteiger partial charge is 0.338 e. The summed E-state index contributed by atoms with van der Waals surface area (Å²) in [6.45, 7) is 0.571. The number of carbonyl (C=O) groups is 1. The molecule has 0 aliphatic heterocycles. The molecule has 2 N–H and O–H groups in total. The van der Waals surface area contributed by atoms with Crippen LogP contribution in [-0.2, 0) is 0 Å². The molecule has 2 rings (SSSR count). The van der Waals surface area contributed by atoms with E-state index in [0.29, 0.717) is 12.5 Å². The van der Waals surface area contributed by atoms with Crippen LogP contribution in [0.2, 0.25) is 0 Å². The first-order chi connectivity index (χ1) is 9.15. The van der Waals surface area contributed by atoms with Crippen molar-refractivity contribution >= 4 is 5.91 Å². The van der Waals surface area contributed by atoms with Gasteiger partial charge in [-0.2, -0.15) is 0 Å². The zero-order valence-corrected chi connectivity index (χ0v) is 11.2. The Bertz CT molecular complexity index is 452. The molecule has 1 aromatic rings. The lowest BCUT2D eigenvalue weighted by atomic mass is 9.83. The highest BCUT2D eigenvalue weighted by Crippen LogP contribution is 2.28. The molecule has 0 bridgehead atoms. The molecule has 1 aromatic heterocycles. The third kappa shape index (κ3) is 2.92. The molecule has 104 valence electrons. The monoisotopic (exact) mass is 265 g/mol. The van der Waals surface area contributed by atoms with Crippen LogP contribution in [0, 0.1) is 11.7 Å². The van der Waals surface area contributed by atoms with Gasteiger partial charge in [-0.15, -0.1) is 0 Å². The molecule has 1 saturated carbocycles. The smallest absolute Gasteiger partial charge is 0.256 e. The lowest BCUT2D eigenvalue weighted by Crippen LogP contribution is -2.46.